The van der Waals surface area contributed by atoms with Crippen LogP contribution in [0.2, 0.25) is 0 Å². The first-order valence-corrected chi connectivity index (χ1v) is 10.1. The molecule has 1 saturated heterocycles. The van der Waals surface area contributed by atoms with Crippen LogP contribution < -0.4 is 5.32 Å². The molecule has 1 fully saturated rings. The molecular formula is C22H32N2O6. The van der Waals surface area contributed by atoms with Gasteiger partial charge < -0.3 is 19.5 Å². The quantitative estimate of drug-likeness (QED) is 0.736. The van der Waals surface area contributed by atoms with E-state index >= 15 is 0 Å². The third-order valence-electron chi connectivity index (χ3n) is 5.01. The molecule has 0 spiro atoms. The van der Waals surface area contributed by atoms with Crippen LogP contribution in [0, 0.1) is 0 Å². The maximum Gasteiger partial charge on any atom is 0.410 e. The van der Waals surface area contributed by atoms with E-state index in [4.69, 9.17) is 14.2 Å². The van der Waals surface area contributed by atoms with Gasteiger partial charge in [-0.3, -0.25) is 9.69 Å². The Morgan fingerprint density at radius 1 is 1.13 bits per heavy atom. The lowest BCUT2D eigenvalue weighted by Gasteiger charge is -2.39. The summed E-state index contributed by atoms with van der Waals surface area (Å²) in [6.45, 7) is 7.61. The molecular weight excluding hydrogens is 388 g/mol. The van der Waals surface area contributed by atoms with Crippen molar-refractivity contribution >= 4 is 18.0 Å². The van der Waals surface area contributed by atoms with E-state index in [1.54, 1.807) is 52.1 Å². The first-order valence-electron chi connectivity index (χ1n) is 10.1. The maximum atomic E-state index is 13.1. The fourth-order valence-corrected chi connectivity index (χ4v) is 3.35. The number of ether oxygens (including phenoxy) is 3. The van der Waals surface area contributed by atoms with Gasteiger partial charge in [0, 0.05) is 20.1 Å². The van der Waals surface area contributed by atoms with Gasteiger partial charge in [-0.1, -0.05) is 12.1 Å². The molecule has 3 atom stereocenters. The van der Waals surface area contributed by atoms with E-state index in [9.17, 15) is 14.4 Å². The van der Waals surface area contributed by atoms with E-state index in [0.29, 0.717) is 24.9 Å². The van der Waals surface area contributed by atoms with Gasteiger partial charge in [0.2, 0.25) is 5.91 Å². The Morgan fingerprint density at radius 3 is 2.30 bits per heavy atom. The molecule has 0 aromatic heterocycles. The highest BCUT2D eigenvalue weighted by molar-refractivity contribution is 5.89. The van der Waals surface area contributed by atoms with Crippen molar-refractivity contribution in [3.05, 3.63) is 35.4 Å². The van der Waals surface area contributed by atoms with Gasteiger partial charge in [0.1, 0.15) is 11.6 Å². The predicted molar refractivity (Wildman–Crippen MR) is 111 cm³/mol. The molecule has 8 nitrogen and oxygen atoms in total. The monoisotopic (exact) mass is 420 g/mol. The minimum absolute atomic E-state index is 0.103. The molecule has 1 aromatic carbocycles. The second kappa shape index (κ2) is 9.93. The normalized spacial score (nSPS) is 20.3. The molecule has 0 saturated carbocycles. The number of rotatable bonds is 5. The van der Waals surface area contributed by atoms with E-state index < -0.39 is 23.7 Å². The number of nitrogens with one attached hydrogen (secondary N) is 1. The minimum atomic E-state index is -0.685. The lowest BCUT2D eigenvalue weighted by molar-refractivity contribution is -0.130. The summed E-state index contributed by atoms with van der Waals surface area (Å²) in [4.78, 5) is 38.8. The Hall–Kier alpha value is -2.61. The molecule has 8 heteroatoms. The van der Waals surface area contributed by atoms with Crippen molar-refractivity contribution in [2.75, 3.05) is 20.8 Å². The first-order chi connectivity index (χ1) is 14.1. The number of amides is 2. The van der Waals surface area contributed by atoms with Crippen molar-refractivity contribution in [2.24, 2.45) is 0 Å². The topological polar surface area (TPSA) is 94.2 Å². The average molecular weight is 421 g/mol. The van der Waals surface area contributed by atoms with E-state index in [0.717, 1.165) is 5.56 Å². The van der Waals surface area contributed by atoms with Crippen LogP contribution in [0.3, 0.4) is 0 Å². The Kier molecular flexibility index (Phi) is 7.83. The van der Waals surface area contributed by atoms with Gasteiger partial charge in [-0.15, -0.1) is 0 Å². The van der Waals surface area contributed by atoms with Gasteiger partial charge in [0.25, 0.3) is 0 Å². The number of carbonyl (C=O) groups is 3. The van der Waals surface area contributed by atoms with Crippen molar-refractivity contribution in [1.29, 1.82) is 0 Å². The molecule has 0 bridgehead atoms. The molecule has 166 valence electrons. The van der Waals surface area contributed by atoms with Crippen LogP contribution in [0.4, 0.5) is 4.79 Å². The summed E-state index contributed by atoms with van der Waals surface area (Å²) in [5.74, 6) is -0.689. The van der Waals surface area contributed by atoms with Crippen LogP contribution in [0.15, 0.2) is 24.3 Å². The van der Waals surface area contributed by atoms with Crippen LogP contribution >= 0.6 is 0 Å². The summed E-state index contributed by atoms with van der Waals surface area (Å²) in [5.41, 5.74) is 0.621. The summed E-state index contributed by atoms with van der Waals surface area (Å²) in [5, 5.41) is 2.96. The Labute approximate surface area is 177 Å². The largest absolute Gasteiger partial charge is 0.465 e. The molecule has 0 unspecified atom stereocenters. The Bertz CT molecular complexity index is 756. The fourth-order valence-electron chi connectivity index (χ4n) is 3.35. The average Bonchev–Trinajstić information content (AvgIpc) is 2.71. The Morgan fingerprint density at radius 2 is 1.77 bits per heavy atom. The zero-order chi connectivity index (χ0) is 22.5. The number of nitrogens with zero attached hydrogens (tertiary/aromatic N) is 1. The van der Waals surface area contributed by atoms with Crippen molar-refractivity contribution in [3.63, 3.8) is 0 Å². The van der Waals surface area contributed by atoms with Gasteiger partial charge >= 0.3 is 12.1 Å². The van der Waals surface area contributed by atoms with Gasteiger partial charge in [-0.25, -0.2) is 9.59 Å². The van der Waals surface area contributed by atoms with Gasteiger partial charge in [-0.2, -0.15) is 0 Å². The molecule has 2 amide bonds. The summed E-state index contributed by atoms with van der Waals surface area (Å²) >= 11 is 0. The molecule has 1 N–H and O–H groups in total. The molecule has 1 aromatic rings. The number of hydrogen-bond donors (Lipinski definition) is 1. The standard InChI is InChI=1S/C22H32N2O6/c1-14(15-7-9-16(10-8-15)20(26)29-6)23-19(25)18-13-17(28-5)11-12-24(18)21(27)30-22(2,3)4/h7-10,14,17-18H,11-13H2,1-6H3,(H,23,25)/t14-,17-,18+/m0/s1. The summed E-state index contributed by atoms with van der Waals surface area (Å²) in [7, 11) is 2.93. The molecule has 1 aliphatic rings. The smallest absolute Gasteiger partial charge is 0.410 e. The molecule has 0 radical (unpaired) electrons. The van der Waals surface area contributed by atoms with E-state index in [2.05, 4.69) is 5.32 Å². The summed E-state index contributed by atoms with van der Waals surface area (Å²) in [6, 6.07) is 5.84. The summed E-state index contributed by atoms with van der Waals surface area (Å²) in [6.07, 6.45) is 0.431. The third-order valence-corrected chi connectivity index (χ3v) is 5.01. The van der Waals surface area contributed by atoms with Crippen molar-refractivity contribution < 1.29 is 28.6 Å². The van der Waals surface area contributed by atoms with Gasteiger partial charge in [-0.05, 0) is 51.8 Å². The zero-order valence-corrected chi connectivity index (χ0v) is 18.6. The lowest BCUT2D eigenvalue weighted by Crippen LogP contribution is -2.56. The maximum absolute atomic E-state index is 13.1. The van der Waals surface area contributed by atoms with Crippen molar-refractivity contribution in [2.45, 2.75) is 64.3 Å². The number of esters is 1. The molecule has 0 aliphatic carbocycles. The third kappa shape index (κ3) is 6.19. The van der Waals surface area contributed by atoms with Crippen LogP contribution in [0.5, 0.6) is 0 Å². The minimum Gasteiger partial charge on any atom is -0.465 e. The second-order valence-electron chi connectivity index (χ2n) is 8.42. The molecule has 30 heavy (non-hydrogen) atoms. The van der Waals surface area contributed by atoms with Crippen molar-refractivity contribution in [1.82, 2.24) is 10.2 Å². The number of carbonyl (C=O) groups excluding carboxylic acids is 3. The van der Waals surface area contributed by atoms with E-state index in [1.165, 1.54) is 12.0 Å². The Balaban J connectivity index is 2.11. The molecule has 2 rings (SSSR count). The molecule has 1 aliphatic heterocycles. The highest BCUT2D eigenvalue weighted by Crippen LogP contribution is 2.24. The predicted octanol–water partition coefficient (Wildman–Crippen LogP) is 3.06. The number of likely N-dealkylation sites (tertiary alicyclic amines) is 1. The van der Waals surface area contributed by atoms with Crippen LogP contribution in [0.25, 0.3) is 0 Å². The fraction of sp³-hybridized carbons (Fsp3) is 0.591. The van der Waals surface area contributed by atoms with E-state index in [-0.39, 0.29) is 18.1 Å². The zero-order valence-electron chi connectivity index (χ0n) is 18.6. The number of piperidine rings is 1. The second-order valence-corrected chi connectivity index (χ2v) is 8.42. The number of hydrogen-bond acceptors (Lipinski definition) is 6. The number of methoxy groups -OCH3 is 2. The highest BCUT2D eigenvalue weighted by atomic mass is 16.6. The first kappa shape index (κ1) is 23.7. The van der Waals surface area contributed by atoms with Crippen LogP contribution in [-0.2, 0) is 19.0 Å². The SMILES string of the molecule is COC(=O)c1ccc([C@H](C)NC(=O)[C@H]2C[C@@H](OC)CCN2C(=O)OC(C)(C)C)cc1. The molecule has 1 heterocycles. The highest BCUT2D eigenvalue weighted by Gasteiger charge is 2.38. The van der Waals surface area contributed by atoms with Crippen molar-refractivity contribution in [3.8, 4) is 0 Å². The number of benzene rings is 1. The van der Waals surface area contributed by atoms with Gasteiger partial charge in [0.15, 0.2) is 0 Å². The van der Waals surface area contributed by atoms with Crippen LogP contribution in [-0.4, -0.2) is 61.4 Å². The van der Waals surface area contributed by atoms with Crippen LogP contribution in [0.1, 0.15) is 62.5 Å². The summed E-state index contributed by atoms with van der Waals surface area (Å²) < 4.78 is 15.6. The van der Waals surface area contributed by atoms with Gasteiger partial charge in [0.05, 0.1) is 24.8 Å². The van der Waals surface area contributed by atoms with E-state index in [1.807, 2.05) is 6.92 Å². The lowest BCUT2D eigenvalue weighted by atomic mass is 9.98.